The SMILES string of the molecule is Cc1ccccc1C(=O)N1CCC(c2nn(-c3ccccc3)c(=O)[nH]2)CC1. The topological polar surface area (TPSA) is 71.0 Å². The van der Waals surface area contributed by atoms with Crippen LogP contribution in [0.4, 0.5) is 0 Å². The van der Waals surface area contributed by atoms with Crippen molar-refractivity contribution in [2.24, 2.45) is 0 Å². The van der Waals surface area contributed by atoms with Crippen molar-refractivity contribution >= 4 is 5.91 Å². The molecule has 1 aliphatic rings. The first kappa shape index (κ1) is 17.3. The number of aryl methyl sites for hydroxylation is 1. The zero-order valence-electron chi connectivity index (χ0n) is 15.3. The van der Waals surface area contributed by atoms with E-state index >= 15 is 0 Å². The predicted molar refractivity (Wildman–Crippen MR) is 103 cm³/mol. The highest BCUT2D eigenvalue weighted by molar-refractivity contribution is 5.95. The van der Waals surface area contributed by atoms with Crippen LogP contribution in [0.1, 0.15) is 40.5 Å². The highest BCUT2D eigenvalue weighted by atomic mass is 16.2. The molecule has 138 valence electrons. The first-order chi connectivity index (χ1) is 13.1. The Balaban J connectivity index is 1.46. The Labute approximate surface area is 157 Å². The molecule has 27 heavy (non-hydrogen) atoms. The summed E-state index contributed by atoms with van der Waals surface area (Å²) in [4.78, 5) is 29.8. The zero-order chi connectivity index (χ0) is 18.8. The zero-order valence-corrected chi connectivity index (χ0v) is 15.3. The molecule has 0 saturated carbocycles. The average molecular weight is 362 g/mol. The van der Waals surface area contributed by atoms with Crippen molar-refractivity contribution in [2.75, 3.05) is 13.1 Å². The quantitative estimate of drug-likeness (QED) is 0.779. The van der Waals surface area contributed by atoms with Crippen LogP contribution in [0.15, 0.2) is 59.4 Å². The number of hydrogen-bond acceptors (Lipinski definition) is 3. The van der Waals surface area contributed by atoms with Gasteiger partial charge in [-0.3, -0.25) is 9.78 Å². The van der Waals surface area contributed by atoms with E-state index in [0.717, 1.165) is 29.7 Å². The lowest BCUT2D eigenvalue weighted by Gasteiger charge is -2.31. The summed E-state index contributed by atoms with van der Waals surface area (Å²) >= 11 is 0. The molecule has 2 aromatic carbocycles. The van der Waals surface area contributed by atoms with Gasteiger partial charge in [0, 0.05) is 24.6 Å². The molecule has 1 saturated heterocycles. The van der Waals surface area contributed by atoms with Gasteiger partial charge in [0.15, 0.2) is 0 Å². The van der Waals surface area contributed by atoms with Gasteiger partial charge in [-0.25, -0.2) is 4.79 Å². The lowest BCUT2D eigenvalue weighted by atomic mass is 9.95. The fourth-order valence-corrected chi connectivity index (χ4v) is 3.61. The highest BCUT2D eigenvalue weighted by Gasteiger charge is 2.27. The standard InChI is InChI=1S/C21H22N4O2/c1-15-7-5-6-10-18(15)20(26)24-13-11-16(12-14-24)19-22-21(27)25(23-19)17-8-3-2-4-9-17/h2-10,16H,11-14H2,1H3,(H,22,23,27). The van der Waals surface area contributed by atoms with E-state index in [9.17, 15) is 9.59 Å². The number of carbonyl (C=O) groups is 1. The predicted octanol–water partition coefficient (Wildman–Crippen LogP) is 2.89. The van der Waals surface area contributed by atoms with Crippen LogP contribution in [0.3, 0.4) is 0 Å². The minimum absolute atomic E-state index is 0.0786. The van der Waals surface area contributed by atoms with E-state index in [0.29, 0.717) is 18.9 Å². The number of H-pyrrole nitrogens is 1. The maximum absolute atomic E-state index is 12.8. The molecule has 0 unspecified atom stereocenters. The van der Waals surface area contributed by atoms with Crippen molar-refractivity contribution < 1.29 is 4.79 Å². The van der Waals surface area contributed by atoms with Crippen molar-refractivity contribution in [3.8, 4) is 5.69 Å². The Morgan fingerprint density at radius 2 is 1.70 bits per heavy atom. The third-order valence-electron chi connectivity index (χ3n) is 5.18. The second-order valence-corrected chi connectivity index (χ2v) is 6.94. The van der Waals surface area contributed by atoms with E-state index in [1.807, 2.05) is 66.4 Å². The highest BCUT2D eigenvalue weighted by Crippen LogP contribution is 2.26. The first-order valence-electron chi connectivity index (χ1n) is 9.23. The lowest BCUT2D eigenvalue weighted by Crippen LogP contribution is -2.38. The number of hydrogen-bond donors (Lipinski definition) is 1. The molecule has 1 fully saturated rings. The van der Waals surface area contributed by atoms with Gasteiger partial charge in [-0.1, -0.05) is 36.4 Å². The molecule has 1 amide bonds. The van der Waals surface area contributed by atoms with Gasteiger partial charge in [0.2, 0.25) is 0 Å². The second-order valence-electron chi connectivity index (χ2n) is 6.94. The molecule has 3 aromatic rings. The van der Waals surface area contributed by atoms with Gasteiger partial charge >= 0.3 is 5.69 Å². The number of aromatic nitrogens is 3. The summed E-state index contributed by atoms with van der Waals surface area (Å²) < 4.78 is 1.40. The van der Waals surface area contributed by atoms with Gasteiger partial charge in [-0.2, -0.15) is 4.68 Å². The summed E-state index contributed by atoms with van der Waals surface area (Å²) in [7, 11) is 0. The number of nitrogens with one attached hydrogen (secondary N) is 1. The number of carbonyl (C=O) groups excluding carboxylic acids is 1. The Morgan fingerprint density at radius 3 is 2.41 bits per heavy atom. The summed E-state index contributed by atoms with van der Waals surface area (Å²) in [6.07, 6.45) is 1.58. The second kappa shape index (κ2) is 7.23. The Hall–Kier alpha value is -3.15. The van der Waals surface area contributed by atoms with E-state index in [1.54, 1.807) is 0 Å². The summed E-state index contributed by atoms with van der Waals surface area (Å²) in [6.45, 7) is 3.29. The van der Waals surface area contributed by atoms with Crippen LogP contribution >= 0.6 is 0 Å². The molecule has 6 heteroatoms. The molecule has 0 bridgehead atoms. The van der Waals surface area contributed by atoms with E-state index in [1.165, 1.54) is 4.68 Å². The van der Waals surface area contributed by atoms with Crippen LogP contribution in [0.2, 0.25) is 0 Å². The molecule has 1 N–H and O–H groups in total. The average Bonchev–Trinajstić information content (AvgIpc) is 3.10. The molecule has 2 heterocycles. The minimum Gasteiger partial charge on any atom is -0.339 e. The number of rotatable bonds is 3. The van der Waals surface area contributed by atoms with E-state index in [4.69, 9.17) is 0 Å². The number of amides is 1. The third-order valence-corrected chi connectivity index (χ3v) is 5.18. The maximum atomic E-state index is 12.8. The first-order valence-corrected chi connectivity index (χ1v) is 9.23. The Bertz CT molecular complexity index is 998. The van der Waals surface area contributed by atoms with Gasteiger partial charge in [-0.05, 0) is 43.5 Å². The molecule has 0 radical (unpaired) electrons. The number of nitrogens with zero attached hydrogens (tertiary/aromatic N) is 3. The van der Waals surface area contributed by atoms with Gasteiger partial charge in [0.1, 0.15) is 5.82 Å². The van der Waals surface area contributed by atoms with Crippen molar-refractivity contribution in [1.29, 1.82) is 0 Å². The molecule has 4 rings (SSSR count). The maximum Gasteiger partial charge on any atom is 0.348 e. The van der Waals surface area contributed by atoms with E-state index in [-0.39, 0.29) is 17.5 Å². The fourth-order valence-electron chi connectivity index (χ4n) is 3.61. The van der Waals surface area contributed by atoms with Crippen LogP contribution < -0.4 is 5.69 Å². The monoisotopic (exact) mass is 362 g/mol. The smallest absolute Gasteiger partial charge is 0.339 e. The fraction of sp³-hybridized carbons (Fsp3) is 0.286. The Kier molecular flexibility index (Phi) is 4.62. The molecule has 1 aliphatic heterocycles. The van der Waals surface area contributed by atoms with Crippen LogP contribution in [0, 0.1) is 6.92 Å². The Morgan fingerprint density at radius 1 is 1.04 bits per heavy atom. The molecule has 0 atom stereocenters. The summed E-state index contributed by atoms with van der Waals surface area (Å²) in [5.41, 5.74) is 2.28. The van der Waals surface area contributed by atoms with Crippen LogP contribution in [0.5, 0.6) is 0 Å². The number of piperidine rings is 1. The van der Waals surface area contributed by atoms with Gasteiger partial charge in [0.05, 0.1) is 5.69 Å². The van der Waals surface area contributed by atoms with Gasteiger partial charge in [-0.15, -0.1) is 5.10 Å². The molecular formula is C21H22N4O2. The largest absolute Gasteiger partial charge is 0.348 e. The van der Waals surface area contributed by atoms with Crippen molar-refractivity contribution in [1.82, 2.24) is 19.7 Å². The summed E-state index contributed by atoms with van der Waals surface area (Å²) in [5.74, 6) is 0.935. The van der Waals surface area contributed by atoms with E-state index in [2.05, 4.69) is 10.1 Å². The van der Waals surface area contributed by atoms with Crippen molar-refractivity contribution in [3.63, 3.8) is 0 Å². The van der Waals surface area contributed by atoms with Crippen LogP contribution in [-0.4, -0.2) is 38.7 Å². The van der Waals surface area contributed by atoms with E-state index < -0.39 is 0 Å². The van der Waals surface area contributed by atoms with Crippen molar-refractivity contribution in [3.05, 3.63) is 82.0 Å². The molecule has 0 aliphatic carbocycles. The van der Waals surface area contributed by atoms with Gasteiger partial charge in [0.25, 0.3) is 5.91 Å². The summed E-state index contributed by atoms with van der Waals surface area (Å²) in [6, 6.07) is 17.1. The number of benzene rings is 2. The third kappa shape index (κ3) is 3.43. The minimum atomic E-state index is -0.227. The summed E-state index contributed by atoms with van der Waals surface area (Å²) in [5, 5.41) is 4.49. The number of aromatic amines is 1. The molecule has 1 aromatic heterocycles. The van der Waals surface area contributed by atoms with Gasteiger partial charge < -0.3 is 4.90 Å². The van der Waals surface area contributed by atoms with Crippen LogP contribution in [0.25, 0.3) is 5.69 Å². The number of likely N-dealkylation sites (tertiary alicyclic amines) is 1. The normalized spacial score (nSPS) is 15.1. The number of para-hydroxylation sites is 1. The lowest BCUT2D eigenvalue weighted by molar-refractivity contribution is 0.0710. The molecule has 6 nitrogen and oxygen atoms in total. The molecular weight excluding hydrogens is 340 g/mol. The molecule has 0 spiro atoms. The van der Waals surface area contributed by atoms with Crippen LogP contribution in [-0.2, 0) is 0 Å². The van der Waals surface area contributed by atoms with Crippen molar-refractivity contribution in [2.45, 2.75) is 25.7 Å².